The monoisotopic (exact) mass is 346 g/mol. The Morgan fingerprint density at radius 2 is 1.84 bits per heavy atom. The van der Waals surface area contributed by atoms with Gasteiger partial charge in [-0.05, 0) is 56.7 Å². The highest BCUT2D eigenvalue weighted by molar-refractivity contribution is 5.95. The maximum Gasteiger partial charge on any atom is 0.306 e. The Morgan fingerprint density at radius 3 is 2.44 bits per heavy atom. The van der Waals surface area contributed by atoms with Gasteiger partial charge in [0.2, 0.25) is 0 Å². The van der Waals surface area contributed by atoms with Crippen LogP contribution in [0.25, 0.3) is 0 Å². The van der Waals surface area contributed by atoms with E-state index < -0.39 is 5.97 Å². The van der Waals surface area contributed by atoms with Crippen LogP contribution in [0.15, 0.2) is 18.2 Å². The lowest BCUT2D eigenvalue weighted by molar-refractivity contribution is -0.142. The van der Waals surface area contributed by atoms with Crippen molar-refractivity contribution in [2.75, 3.05) is 25.5 Å². The summed E-state index contributed by atoms with van der Waals surface area (Å²) in [5.74, 6) is -0.159. The lowest BCUT2D eigenvalue weighted by atomic mass is 9.86. The first-order valence-corrected chi connectivity index (χ1v) is 9.05. The molecule has 1 saturated carbocycles. The molecule has 0 bridgehead atoms. The summed E-state index contributed by atoms with van der Waals surface area (Å²) in [6.07, 6.45) is 5.12. The van der Waals surface area contributed by atoms with Crippen LogP contribution in [-0.4, -0.2) is 48.1 Å². The molecule has 1 heterocycles. The second-order valence-electron chi connectivity index (χ2n) is 6.95. The van der Waals surface area contributed by atoms with Gasteiger partial charge in [0.25, 0.3) is 5.91 Å². The number of rotatable bonds is 5. The molecule has 136 valence electrons. The van der Waals surface area contributed by atoms with Crippen molar-refractivity contribution >= 4 is 17.6 Å². The third-order valence-electron chi connectivity index (χ3n) is 5.28. The Morgan fingerprint density at radius 1 is 1.16 bits per heavy atom. The molecule has 0 spiro atoms. The van der Waals surface area contributed by atoms with Gasteiger partial charge in [0.15, 0.2) is 0 Å². The first kappa shape index (κ1) is 17.6. The minimum atomic E-state index is -0.700. The largest absolute Gasteiger partial charge is 0.495 e. The molecule has 1 aromatic carbocycles. The SMILES string of the molecule is COc1ccc(C(=O)N2CCCC2)cc1NC1CCC(C(=O)O)CC1. The standard InChI is InChI=1S/C19H26N2O4/c1-25-17-9-6-14(18(22)21-10-2-3-11-21)12-16(17)20-15-7-4-13(5-8-15)19(23)24/h6,9,12-13,15,20H,2-5,7-8,10-11H2,1H3,(H,23,24). The van der Waals surface area contributed by atoms with Crippen LogP contribution in [-0.2, 0) is 4.79 Å². The second-order valence-corrected chi connectivity index (χ2v) is 6.95. The summed E-state index contributed by atoms with van der Waals surface area (Å²) < 4.78 is 5.42. The fourth-order valence-corrected chi connectivity index (χ4v) is 3.76. The average molecular weight is 346 g/mol. The summed E-state index contributed by atoms with van der Waals surface area (Å²) in [5, 5.41) is 12.6. The minimum absolute atomic E-state index is 0.0674. The molecule has 1 amide bonds. The van der Waals surface area contributed by atoms with Gasteiger partial charge >= 0.3 is 5.97 Å². The molecule has 1 aliphatic heterocycles. The zero-order valence-electron chi connectivity index (χ0n) is 14.7. The van der Waals surface area contributed by atoms with E-state index in [1.54, 1.807) is 7.11 Å². The summed E-state index contributed by atoms with van der Waals surface area (Å²) in [6, 6.07) is 5.71. The number of hydrogen-bond acceptors (Lipinski definition) is 4. The van der Waals surface area contributed by atoms with Crippen LogP contribution in [0.3, 0.4) is 0 Å². The number of carboxylic acid groups (broad SMARTS) is 1. The number of ether oxygens (including phenoxy) is 1. The number of aliphatic carboxylic acids is 1. The van der Waals surface area contributed by atoms with Crippen LogP contribution < -0.4 is 10.1 Å². The Bertz CT molecular complexity index is 632. The molecule has 2 fully saturated rings. The van der Waals surface area contributed by atoms with Gasteiger partial charge in [-0.15, -0.1) is 0 Å². The molecular formula is C19H26N2O4. The lowest BCUT2D eigenvalue weighted by Crippen LogP contribution is -2.30. The smallest absolute Gasteiger partial charge is 0.306 e. The second kappa shape index (κ2) is 7.76. The van der Waals surface area contributed by atoms with Gasteiger partial charge < -0.3 is 20.1 Å². The summed E-state index contributed by atoms with van der Waals surface area (Å²) >= 11 is 0. The van der Waals surface area contributed by atoms with Gasteiger partial charge in [-0.2, -0.15) is 0 Å². The van der Waals surface area contributed by atoms with E-state index in [-0.39, 0.29) is 17.9 Å². The van der Waals surface area contributed by atoms with Crippen molar-refractivity contribution in [3.63, 3.8) is 0 Å². The number of carbonyl (C=O) groups excluding carboxylic acids is 1. The molecule has 6 nitrogen and oxygen atoms in total. The van der Waals surface area contributed by atoms with Gasteiger partial charge in [0.05, 0.1) is 18.7 Å². The van der Waals surface area contributed by atoms with Gasteiger partial charge in [0.1, 0.15) is 5.75 Å². The summed E-state index contributed by atoms with van der Waals surface area (Å²) in [4.78, 5) is 25.6. The van der Waals surface area contributed by atoms with Crippen LogP contribution in [0.2, 0.25) is 0 Å². The van der Waals surface area contributed by atoms with Crippen LogP contribution >= 0.6 is 0 Å². The minimum Gasteiger partial charge on any atom is -0.495 e. The third-order valence-corrected chi connectivity index (χ3v) is 5.28. The Kier molecular flexibility index (Phi) is 5.46. The number of anilines is 1. The van der Waals surface area contributed by atoms with Crippen molar-refractivity contribution in [3.8, 4) is 5.75 Å². The predicted octanol–water partition coefficient (Wildman–Crippen LogP) is 2.99. The highest BCUT2D eigenvalue weighted by Crippen LogP contribution is 2.31. The number of carbonyl (C=O) groups is 2. The molecule has 1 aliphatic carbocycles. The van der Waals surface area contributed by atoms with E-state index in [9.17, 15) is 9.59 Å². The van der Waals surface area contributed by atoms with E-state index in [1.807, 2.05) is 23.1 Å². The zero-order chi connectivity index (χ0) is 17.8. The number of benzene rings is 1. The zero-order valence-corrected chi connectivity index (χ0v) is 14.7. The number of likely N-dealkylation sites (tertiary alicyclic amines) is 1. The molecule has 0 atom stereocenters. The number of amides is 1. The molecule has 1 saturated heterocycles. The first-order valence-electron chi connectivity index (χ1n) is 9.05. The molecular weight excluding hydrogens is 320 g/mol. The average Bonchev–Trinajstić information content (AvgIpc) is 3.16. The molecule has 0 aromatic heterocycles. The molecule has 25 heavy (non-hydrogen) atoms. The molecule has 0 unspecified atom stereocenters. The highest BCUT2D eigenvalue weighted by atomic mass is 16.5. The fourth-order valence-electron chi connectivity index (χ4n) is 3.76. The normalized spacial score (nSPS) is 23.3. The molecule has 0 radical (unpaired) electrons. The number of nitrogens with zero attached hydrogens (tertiary/aromatic N) is 1. The molecule has 1 aromatic rings. The van der Waals surface area contributed by atoms with Crippen molar-refractivity contribution < 1.29 is 19.4 Å². The molecule has 3 rings (SSSR count). The first-order chi connectivity index (χ1) is 12.1. The Hall–Kier alpha value is -2.24. The fraction of sp³-hybridized carbons (Fsp3) is 0.579. The predicted molar refractivity (Wildman–Crippen MR) is 95.1 cm³/mol. The van der Waals surface area contributed by atoms with Gasteiger partial charge in [-0.25, -0.2) is 0 Å². The maximum absolute atomic E-state index is 12.6. The summed E-state index contributed by atoms with van der Waals surface area (Å²) in [7, 11) is 1.61. The summed E-state index contributed by atoms with van der Waals surface area (Å²) in [6.45, 7) is 1.65. The van der Waals surface area contributed by atoms with Gasteiger partial charge in [-0.1, -0.05) is 0 Å². The van der Waals surface area contributed by atoms with Crippen LogP contribution in [0.5, 0.6) is 5.75 Å². The van der Waals surface area contributed by atoms with Crippen molar-refractivity contribution in [2.24, 2.45) is 5.92 Å². The number of hydrogen-bond donors (Lipinski definition) is 2. The van der Waals surface area contributed by atoms with Crippen molar-refractivity contribution in [1.82, 2.24) is 4.90 Å². The van der Waals surface area contributed by atoms with Crippen LogP contribution in [0.1, 0.15) is 48.9 Å². The van der Waals surface area contributed by atoms with E-state index in [4.69, 9.17) is 9.84 Å². The van der Waals surface area contributed by atoms with Gasteiger partial charge in [-0.3, -0.25) is 9.59 Å². The molecule has 2 aliphatic rings. The lowest BCUT2D eigenvalue weighted by Gasteiger charge is -2.28. The molecule has 6 heteroatoms. The quantitative estimate of drug-likeness (QED) is 0.857. The topological polar surface area (TPSA) is 78.9 Å². The van der Waals surface area contributed by atoms with Crippen molar-refractivity contribution in [1.29, 1.82) is 0 Å². The van der Waals surface area contributed by atoms with Crippen LogP contribution in [0, 0.1) is 5.92 Å². The number of methoxy groups -OCH3 is 1. The third kappa shape index (κ3) is 4.06. The van der Waals surface area contributed by atoms with Crippen LogP contribution in [0.4, 0.5) is 5.69 Å². The van der Waals surface area contributed by atoms with E-state index in [0.717, 1.165) is 44.5 Å². The Balaban J connectivity index is 1.70. The van der Waals surface area contributed by atoms with Crippen molar-refractivity contribution in [3.05, 3.63) is 23.8 Å². The van der Waals surface area contributed by atoms with E-state index >= 15 is 0 Å². The number of nitrogens with one attached hydrogen (secondary N) is 1. The Labute approximate surface area is 148 Å². The summed E-state index contributed by atoms with van der Waals surface area (Å²) in [5.41, 5.74) is 1.48. The van der Waals surface area contributed by atoms with E-state index in [1.165, 1.54) is 0 Å². The molecule has 2 N–H and O–H groups in total. The maximum atomic E-state index is 12.6. The number of carboxylic acids is 1. The van der Waals surface area contributed by atoms with E-state index in [0.29, 0.717) is 24.2 Å². The van der Waals surface area contributed by atoms with E-state index in [2.05, 4.69) is 5.32 Å². The highest BCUT2D eigenvalue weighted by Gasteiger charge is 2.27. The van der Waals surface area contributed by atoms with Crippen molar-refractivity contribution in [2.45, 2.75) is 44.6 Å². The van der Waals surface area contributed by atoms with Gasteiger partial charge in [0, 0.05) is 24.7 Å².